The quantitative estimate of drug-likeness (QED) is 0.850. The summed E-state index contributed by atoms with van der Waals surface area (Å²) in [7, 11) is -4.08. The third kappa shape index (κ3) is 4.72. The first-order valence-corrected chi connectivity index (χ1v) is 7.76. The highest BCUT2D eigenvalue weighted by molar-refractivity contribution is 9.10. The van der Waals surface area contributed by atoms with Crippen LogP contribution in [0, 0.1) is 0 Å². The zero-order valence-electron chi connectivity index (χ0n) is 10.8. The normalized spacial score (nSPS) is 13.6. The number of halogens is 4. The van der Waals surface area contributed by atoms with E-state index in [-0.39, 0.29) is 11.0 Å². The lowest BCUT2D eigenvalue weighted by Crippen LogP contribution is -2.45. The molecule has 0 radical (unpaired) electrons. The second-order valence-corrected chi connectivity index (χ2v) is 7.55. The second-order valence-electron chi connectivity index (χ2n) is 4.96. The Morgan fingerprint density at radius 3 is 2.30 bits per heavy atom. The van der Waals surface area contributed by atoms with Crippen LogP contribution in [0.3, 0.4) is 0 Å². The molecule has 0 aliphatic rings. The average Bonchev–Trinajstić information content (AvgIpc) is 2.24. The molecule has 9 heteroatoms. The highest BCUT2D eigenvalue weighted by Gasteiger charge is 2.32. The molecule has 0 spiro atoms. The first-order chi connectivity index (χ1) is 8.83. The van der Waals surface area contributed by atoms with Gasteiger partial charge in [0.25, 0.3) is 0 Å². The fourth-order valence-electron chi connectivity index (χ4n) is 1.24. The van der Waals surface area contributed by atoms with Crippen LogP contribution in [0.2, 0.25) is 0 Å². The van der Waals surface area contributed by atoms with E-state index in [0.29, 0.717) is 6.07 Å². The van der Waals surface area contributed by atoms with Gasteiger partial charge in [0.1, 0.15) is 0 Å². The zero-order chi connectivity index (χ0) is 15.8. The van der Waals surface area contributed by atoms with Crippen molar-refractivity contribution in [3.8, 4) is 0 Å². The summed E-state index contributed by atoms with van der Waals surface area (Å²) >= 11 is 2.94. The first-order valence-electron chi connectivity index (χ1n) is 5.48. The van der Waals surface area contributed by atoms with Crippen LogP contribution in [0.1, 0.15) is 19.4 Å². The van der Waals surface area contributed by atoms with E-state index in [1.165, 1.54) is 0 Å². The van der Waals surface area contributed by atoms with Gasteiger partial charge in [-0.05, 0) is 48.0 Å². The monoisotopic (exact) mass is 374 g/mol. The van der Waals surface area contributed by atoms with Crippen molar-refractivity contribution in [2.45, 2.75) is 30.5 Å². The third-order valence-corrected chi connectivity index (χ3v) is 4.66. The maximum Gasteiger partial charge on any atom is 0.416 e. The molecule has 0 atom stereocenters. The topological polar surface area (TPSA) is 72.2 Å². The Hall–Kier alpha value is -0.640. The highest BCUT2D eigenvalue weighted by Crippen LogP contribution is 2.33. The van der Waals surface area contributed by atoms with E-state index in [9.17, 15) is 21.6 Å². The molecule has 0 fully saturated rings. The maximum absolute atomic E-state index is 12.6. The van der Waals surface area contributed by atoms with E-state index >= 15 is 0 Å². The summed E-state index contributed by atoms with van der Waals surface area (Å²) in [4.78, 5) is -0.475. The summed E-state index contributed by atoms with van der Waals surface area (Å²) in [5.41, 5.74) is 3.79. The molecule has 1 aromatic rings. The average molecular weight is 375 g/mol. The summed E-state index contributed by atoms with van der Waals surface area (Å²) < 4.78 is 64.1. The Kier molecular flexibility index (Phi) is 4.90. The van der Waals surface area contributed by atoms with Crippen LogP contribution >= 0.6 is 15.9 Å². The van der Waals surface area contributed by atoms with Crippen molar-refractivity contribution < 1.29 is 21.6 Å². The van der Waals surface area contributed by atoms with Gasteiger partial charge in [0.05, 0.1) is 10.5 Å². The molecular weight excluding hydrogens is 361 g/mol. The molecule has 0 bridgehead atoms. The lowest BCUT2D eigenvalue weighted by atomic mass is 10.1. The lowest BCUT2D eigenvalue weighted by Gasteiger charge is -2.19. The van der Waals surface area contributed by atoms with Crippen molar-refractivity contribution >= 4 is 26.0 Å². The van der Waals surface area contributed by atoms with Crippen molar-refractivity contribution in [2.75, 3.05) is 6.54 Å². The van der Waals surface area contributed by atoms with Crippen LogP contribution in [0.25, 0.3) is 0 Å². The zero-order valence-corrected chi connectivity index (χ0v) is 13.2. The van der Waals surface area contributed by atoms with Crippen molar-refractivity contribution in [3.05, 3.63) is 28.2 Å². The van der Waals surface area contributed by atoms with Crippen molar-refractivity contribution in [1.29, 1.82) is 0 Å². The fourth-order valence-corrected chi connectivity index (χ4v) is 3.45. The van der Waals surface area contributed by atoms with Gasteiger partial charge in [-0.1, -0.05) is 0 Å². The molecule has 0 saturated heterocycles. The number of rotatable bonds is 4. The highest BCUT2D eigenvalue weighted by atomic mass is 79.9. The molecule has 3 N–H and O–H groups in total. The number of hydrogen-bond acceptors (Lipinski definition) is 3. The van der Waals surface area contributed by atoms with Crippen LogP contribution in [0.4, 0.5) is 13.2 Å². The largest absolute Gasteiger partial charge is 0.416 e. The Labute approximate surface area is 123 Å². The second kappa shape index (κ2) is 5.63. The molecular formula is C11H14BrF3N2O2S. The standard InChI is InChI=1S/C11H14BrF3N2O2S/c1-10(2,16)6-17-20(18,19)9-5-7(11(13,14)15)3-4-8(9)12/h3-5,17H,6,16H2,1-2H3. The van der Waals surface area contributed by atoms with E-state index in [2.05, 4.69) is 20.7 Å². The number of benzene rings is 1. The summed E-state index contributed by atoms with van der Waals surface area (Å²) in [5, 5.41) is 0. The van der Waals surface area contributed by atoms with Gasteiger partial charge in [-0.2, -0.15) is 13.2 Å². The van der Waals surface area contributed by atoms with Gasteiger partial charge in [-0.3, -0.25) is 0 Å². The number of nitrogens with two attached hydrogens (primary N) is 1. The van der Waals surface area contributed by atoms with E-state index < -0.39 is 32.2 Å². The lowest BCUT2D eigenvalue weighted by molar-refractivity contribution is -0.137. The van der Waals surface area contributed by atoms with Crippen LogP contribution in [-0.4, -0.2) is 20.5 Å². The minimum Gasteiger partial charge on any atom is -0.324 e. The predicted octanol–water partition coefficient (Wildman–Crippen LogP) is 2.48. The van der Waals surface area contributed by atoms with Gasteiger partial charge in [0.15, 0.2) is 0 Å². The number of alkyl halides is 3. The van der Waals surface area contributed by atoms with Gasteiger partial charge in [0.2, 0.25) is 10.0 Å². The van der Waals surface area contributed by atoms with Crippen LogP contribution in [-0.2, 0) is 16.2 Å². The summed E-state index contributed by atoms with van der Waals surface area (Å²) in [6.07, 6.45) is -4.61. The smallest absolute Gasteiger partial charge is 0.324 e. The Morgan fingerprint density at radius 2 is 1.85 bits per heavy atom. The number of nitrogens with one attached hydrogen (secondary N) is 1. The van der Waals surface area contributed by atoms with Crippen LogP contribution in [0.5, 0.6) is 0 Å². The minimum atomic E-state index is -4.61. The van der Waals surface area contributed by atoms with Crippen molar-refractivity contribution in [3.63, 3.8) is 0 Å². The van der Waals surface area contributed by atoms with E-state index in [0.717, 1.165) is 12.1 Å². The maximum atomic E-state index is 12.6. The van der Waals surface area contributed by atoms with E-state index in [4.69, 9.17) is 5.73 Å². The molecule has 0 heterocycles. The molecule has 0 aliphatic heterocycles. The van der Waals surface area contributed by atoms with Crippen LogP contribution < -0.4 is 10.5 Å². The molecule has 0 aromatic heterocycles. The SMILES string of the molecule is CC(C)(N)CNS(=O)(=O)c1cc(C(F)(F)F)ccc1Br. The third-order valence-electron chi connectivity index (χ3n) is 2.27. The van der Waals surface area contributed by atoms with Crippen molar-refractivity contribution in [2.24, 2.45) is 5.73 Å². The molecule has 4 nitrogen and oxygen atoms in total. The molecule has 0 saturated carbocycles. The van der Waals surface area contributed by atoms with Gasteiger partial charge in [0, 0.05) is 16.6 Å². The summed E-state index contributed by atoms with van der Waals surface area (Å²) in [5.74, 6) is 0. The van der Waals surface area contributed by atoms with Gasteiger partial charge < -0.3 is 5.73 Å². The van der Waals surface area contributed by atoms with Gasteiger partial charge >= 0.3 is 6.18 Å². The minimum absolute atomic E-state index is 0.0489. The number of hydrogen-bond donors (Lipinski definition) is 2. The van der Waals surface area contributed by atoms with Gasteiger partial charge in [-0.25, -0.2) is 13.1 Å². The Morgan fingerprint density at radius 1 is 1.30 bits per heavy atom. The molecule has 0 amide bonds. The molecule has 114 valence electrons. The summed E-state index contributed by atoms with van der Waals surface area (Å²) in [6, 6.07) is 2.43. The van der Waals surface area contributed by atoms with Crippen LogP contribution in [0.15, 0.2) is 27.6 Å². The van der Waals surface area contributed by atoms with Crippen molar-refractivity contribution in [1.82, 2.24) is 4.72 Å². The van der Waals surface area contributed by atoms with Gasteiger partial charge in [-0.15, -0.1) is 0 Å². The molecule has 1 rings (SSSR count). The molecule has 0 aliphatic carbocycles. The van der Waals surface area contributed by atoms with E-state index in [1.54, 1.807) is 13.8 Å². The molecule has 20 heavy (non-hydrogen) atoms. The Balaban J connectivity index is 3.18. The fraction of sp³-hybridized carbons (Fsp3) is 0.455. The first kappa shape index (κ1) is 17.4. The number of sulfonamides is 1. The molecule has 1 aromatic carbocycles. The predicted molar refractivity (Wildman–Crippen MR) is 72.6 cm³/mol. The van der Waals surface area contributed by atoms with E-state index in [1.807, 2.05) is 0 Å². The molecule has 0 unspecified atom stereocenters. The summed E-state index contributed by atoms with van der Waals surface area (Å²) in [6.45, 7) is 3.09. The Bertz CT molecular complexity index is 595.